The first-order chi connectivity index (χ1) is 13.0. The maximum Gasteiger partial charge on any atom is 0.254 e. The van der Waals surface area contributed by atoms with E-state index in [0.29, 0.717) is 19.6 Å². The second-order valence-electron chi connectivity index (χ2n) is 6.56. The lowest BCUT2D eigenvalue weighted by atomic mass is 10.1. The van der Waals surface area contributed by atoms with Crippen LogP contribution in [0.5, 0.6) is 11.5 Å². The summed E-state index contributed by atoms with van der Waals surface area (Å²) in [5, 5.41) is 2.76. The molecule has 1 heterocycles. The summed E-state index contributed by atoms with van der Waals surface area (Å²) in [7, 11) is 1.62. The Morgan fingerprint density at radius 2 is 1.85 bits per heavy atom. The van der Waals surface area contributed by atoms with Gasteiger partial charge in [0.2, 0.25) is 5.91 Å². The lowest BCUT2D eigenvalue weighted by molar-refractivity contribution is -0.126. The average Bonchev–Trinajstić information content (AvgIpc) is 2.90. The third-order valence-corrected chi connectivity index (χ3v) is 4.50. The summed E-state index contributed by atoms with van der Waals surface area (Å²) in [6.07, 6.45) is 0.678. The number of rotatable bonds is 7. The van der Waals surface area contributed by atoms with Crippen LogP contribution in [0.4, 0.5) is 5.69 Å². The van der Waals surface area contributed by atoms with Crippen LogP contribution in [-0.2, 0) is 9.59 Å². The fourth-order valence-corrected chi connectivity index (χ4v) is 3.22. The predicted molar refractivity (Wildman–Crippen MR) is 103 cm³/mol. The van der Waals surface area contributed by atoms with Crippen molar-refractivity contribution >= 4 is 17.5 Å². The van der Waals surface area contributed by atoms with Crippen molar-refractivity contribution in [2.24, 2.45) is 0 Å². The number of benzene rings is 2. The highest BCUT2D eigenvalue weighted by Gasteiger charge is 2.37. The first-order valence-electron chi connectivity index (χ1n) is 8.95. The van der Waals surface area contributed by atoms with E-state index in [9.17, 15) is 9.59 Å². The van der Waals surface area contributed by atoms with Crippen LogP contribution >= 0.6 is 0 Å². The van der Waals surface area contributed by atoms with Crippen molar-refractivity contribution in [2.45, 2.75) is 26.3 Å². The van der Waals surface area contributed by atoms with E-state index in [1.54, 1.807) is 12.0 Å². The summed E-state index contributed by atoms with van der Waals surface area (Å²) in [6, 6.07) is 12.7. The number of carbonyl (C=O) groups excluding carboxylic acids is 2. The van der Waals surface area contributed by atoms with Crippen LogP contribution in [0.25, 0.3) is 0 Å². The molecule has 0 aliphatic carbocycles. The first-order valence-corrected chi connectivity index (χ1v) is 8.95. The Balaban J connectivity index is 1.62. The molecule has 2 amide bonds. The molecule has 0 saturated heterocycles. The number of methoxy groups -OCH3 is 1. The maximum absolute atomic E-state index is 12.8. The first kappa shape index (κ1) is 18.8. The van der Waals surface area contributed by atoms with E-state index < -0.39 is 6.04 Å². The minimum atomic E-state index is -0.611. The van der Waals surface area contributed by atoms with Crippen molar-refractivity contribution in [3.63, 3.8) is 0 Å². The zero-order chi connectivity index (χ0) is 19.4. The van der Waals surface area contributed by atoms with Crippen molar-refractivity contribution < 1.29 is 19.1 Å². The molecule has 0 spiro atoms. The number of anilines is 1. The van der Waals surface area contributed by atoms with Gasteiger partial charge in [-0.25, -0.2) is 0 Å². The average molecular weight is 368 g/mol. The molecule has 0 saturated carbocycles. The van der Waals surface area contributed by atoms with E-state index >= 15 is 0 Å². The molecule has 3 rings (SSSR count). The van der Waals surface area contributed by atoms with Crippen molar-refractivity contribution in [1.82, 2.24) is 5.32 Å². The third-order valence-electron chi connectivity index (χ3n) is 4.50. The van der Waals surface area contributed by atoms with Crippen LogP contribution in [0.1, 0.15) is 30.5 Å². The fourth-order valence-electron chi connectivity index (χ4n) is 3.22. The van der Waals surface area contributed by atoms with Crippen LogP contribution in [0, 0.1) is 6.92 Å². The van der Waals surface area contributed by atoms with Gasteiger partial charge in [-0.2, -0.15) is 0 Å². The molecule has 1 atom stereocenters. The van der Waals surface area contributed by atoms with Gasteiger partial charge in [0.15, 0.2) is 0 Å². The Morgan fingerprint density at radius 3 is 2.52 bits per heavy atom. The smallest absolute Gasteiger partial charge is 0.254 e. The number of carbonyl (C=O) groups is 2. The molecule has 6 heteroatoms. The van der Waals surface area contributed by atoms with Gasteiger partial charge in [-0.05, 0) is 43.7 Å². The molecule has 6 nitrogen and oxygen atoms in total. The molecule has 0 aromatic heterocycles. The Morgan fingerprint density at radius 1 is 1.15 bits per heavy atom. The lowest BCUT2D eigenvalue weighted by Crippen LogP contribution is -2.37. The second kappa shape index (κ2) is 8.12. The predicted octanol–water partition coefficient (Wildman–Crippen LogP) is 3.00. The van der Waals surface area contributed by atoms with E-state index in [2.05, 4.69) is 5.32 Å². The highest BCUT2D eigenvalue weighted by molar-refractivity contribution is 6.06. The van der Waals surface area contributed by atoms with Crippen LogP contribution in [0.15, 0.2) is 42.5 Å². The van der Waals surface area contributed by atoms with Crippen molar-refractivity contribution in [1.29, 1.82) is 0 Å². The van der Waals surface area contributed by atoms with Crippen LogP contribution in [0.2, 0.25) is 0 Å². The standard InChI is InChI=1S/C21H24N2O4/c1-14-5-10-19-18(13-14)20(22-15(2)24)21(25)23(19)11-4-12-27-17-8-6-16(26-3)7-9-17/h5-10,13,20H,4,11-12H2,1-3H3,(H,22,24)/t20-/m0/s1. The summed E-state index contributed by atoms with van der Waals surface area (Å²) in [4.78, 5) is 26.0. The quantitative estimate of drug-likeness (QED) is 0.763. The highest BCUT2D eigenvalue weighted by Crippen LogP contribution is 2.36. The molecule has 27 heavy (non-hydrogen) atoms. The van der Waals surface area contributed by atoms with Gasteiger partial charge in [-0.15, -0.1) is 0 Å². The largest absolute Gasteiger partial charge is 0.497 e. The molecule has 1 N–H and O–H groups in total. The molecule has 0 bridgehead atoms. The number of fused-ring (bicyclic) bond motifs is 1. The number of nitrogens with zero attached hydrogens (tertiary/aromatic N) is 1. The van der Waals surface area contributed by atoms with E-state index in [1.807, 2.05) is 49.4 Å². The van der Waals surface area contributed by atoms with E-state index in [-0.39, 0.29) is 11.8 Å². The van der Waals surface area contributed by atoms with E-state index in [1.165, 1.54) is 6.92 Å². The minimum absolute atomic E-state index is 0.102. The van der Waals surface area contributed by atoms with Gasteiger partial charge in [0.1, 0.15) is 17.5 Å². The molecular formula is C21H24N2O4. The number of hydrogen-bond acceptors (Lipinski definition) is 4. The second-order valence-corrected chi connectivity index (χ2v) is 6.56. The molecule has 0 fully saturated rings. The Kier molecular flexibility index (Phi) is 5.64. The van der Waals surface area contributed by atoms with Crippen molar-refractivity contribution in [2.75, 3.05) is 25.2 Å². The lowest BCUT2D eigenvalue weighted by Gasteiger charge is -2.18. The Bertz CT molecular complexity index is 833. The zero-order valence-corrected chi connectivity index (χ0v) is 15.8. The summed E-state index contributed by atoms with van der Waals surface area (Å²) < 4.78 is 10.9. The molecule has 2 aromatic rings. The molecule has 2 aromatic carbocycles. The molecule has 0 unspecified atom stereocenters. The van der Waals surface area contributed by atoms with E-state index in [4.69, 9.17) is 9.47 Å². The zero-order valence-electron chi connectivity index (χ0n) is 15.8. The van der Waals surface area contributed by atoms with Gasteiger partial charge in [-0.1, -0.05) is 17.7 Å². The van der Waals surface area contributed by atoms with E-state index in [0.717, 1.165) is 28.3 Å². The van der Waals surface area contributed by atoms with Gasteiger partial charge in [0.25, 0.3) is 5.91 Å². The monoisotopic (exact) mass is 368 g/mol. The number of amides is 2. The maximum atomic E-state index is 12.8. The topological polar surface area (TPSA) is 67.9 Å². The molecular weight excluding hydrogens is 344 g/mol. The van der Waals surface area contributed by atoms with Gasteiger partial charge in [-0.3, -0.25) is 9.59 Å². The summed E-state index contributed by atoms with van der Waals surface area (Å²) >= 11 is 0. The summed E-state index contributed by atoms with van der Waals surface area (Å²) in [5.41, 5.74) is 2.77. The minimum Gasteiger partial charge on any atom is -0.497 e. The molecule has 142 valence electrons. The summed E-state index contributed by atoms with van der Waals surface area (Å²) in [5.74, 6) is 1.22. The van der Waals surface area contributed by atoms with Crippen molar-refractivity contribution in [3.8, 4) is 11.5 Å². The number of ether oxygens (including phenoxy) is 2. The summed E-state index contributed by atoms with van der Waals surface area (Å²) in [6.45, 7) is 4.41. The van der Waals surface area contributed by atoms with Gasteiger partial charge < -0.3 is 19.7 Å². The SMILES string of the molecule is COc1ccc(OCCCN2C(=O)[C@@H](NC(C)=O)c3cc(C)ccc32)cc1. The number of nitrogens with one attached hydrogen (secondary N) is 1. The number of aryl methyl sites for hydroxylation is 1. The third kappa shape index (κ3) is 4.22. The van der Waals surface area contributed by atoms with Crippen LogP contribution in [-0.4, -0.2) is 32.1 Å². The Labute approximate surface area is 159 Å². The van der Waals surface area contributed by atoms with Crippen LogP contribution < -0.4 is 19.7 Å². The molecule has 0 radical (unpaired) electrons. The molecule has 1 aliphatic rings. The normalized spacial score (nSPS) is 15.4. The van der Waals surface area contributed by atoms with Crippen LogP contribution in [0.3, 0.4) is 0 Å². The number of hydrogen-bond donors (Lipinski definition) is 1. The van der Waals surface area contributed by atoms with Crippen molar-refractivity contribution in [3.05, 3.63) is 53.6 Å². The fraction of sp³-hybridized carbons (Fsp3) is 0.333. The highest BCUT2D eigenvalue weighted by atomic mass is 16.5. The Hall–Kier alpha value is -3.02. The molecule has 1 aliphatic heterocycles. The van der Waals surface area contributed by atoms with Gasteiger partial charge in [0.05, 0.1) is 13.7 Å². The van der Waals surface area contributed by atoms with Gasteiger partial charge in [0, 0.05) is 24.7 Å². The van der Waals surface area contributed by atoms with Gasteiger partial charge >= 0.3 is 0 Å².